The highest BCUT2D eigenvalue weighted by Crippen LogP contribution is 2.12. The summed E-state index contributed by atoms with van der Waals surface area (Å²) in [6, 6.07) is 0. The molecule has 0 aliphatic carbocycles. The fraction of sp³-hybridized carbons (Fsp3) is 0.864. The topological polar surface area (TPSA) is 58.2 Å². The van der Waals surface area contributed by atoms with Gasteiger partial charge in [-0.3, -0.25) is 9.59 Å². The fourth-order valence-electron chi connectivity index (χ4n) is 6.47. The Bertz CT molecular complexity index is 714. The molecule has 0 aliphatic rings. The summed E-state index contributed by atoms with van der Waals surface area (Å²) in [6.45, 7) is 8.15. The number of amides is 2. The zero-order valence-corrected chi connectivity index (χ0v) is 33.6. The van der Waals surface area contributed by atoms with E-state index in [9.17, 15) is 9.59 Å². The first-order valence-electron chi connectivity index (χ1n) is 21.6. The molecule has 0 saturated heterocycles. The third kappa shape index (κ3) is 39.0. The van der Waals surface area contributed by atoms with Crippen molar-refractivity contribution in [2.24, 2.45) is 0 Å². The van der Waals surface area contributed by atoms with Gasteiger partial charge in [-0.2, -0.15) is 0 Å². The standard InChI is InChI=1S/C44H85N3O2/c1-5-7-9-11-13-15-17-19-21-23-25-27-29-31-33-37-43(48)45-39-35-41-47(3,4)42-36-40-46-44(49)38-34-32-30-28-26-24-22-20-18-16-14-12-10-8-6-2/h19-22H,5-18,23-42H2,1-4H3,(H-,45,46,48,49)/p+1. The maximum atomic E-state index is 12.2. The Balaban J connectivity index is 3.52. The second-order valence-corrected chi connectivity index (χ2v) is 15.5. The zero-order valence-electron chi connectivity index (χ0n) is 33.6. The molecule has 49 heavy (non-hydrogen) atoms. The molecule has 2 amide bonds. The SMILES string of the molecule is CCCCCCCCC=CCCCCCCCC(=O)NCCC[N+](C)(C)CCCNC(=O)CCCCCCCC=CCCCCCCCC. The van der Waals surface area contributed by atoms with Crippen LogP contribution >= 0.6 is 0 Å². The Hall–Kier alpha value is -1.62. The lowest BCUT2D eigenvalue weighted by molar-refractivity contribution is -0.890. The Morgan fingerprint density at radius 1 is 0.408 bits per heavy atom. The number of hydrogen-bond donors (Lipinski definition) is 2. The number of carbonyl (C=O) groups is 2. The largest absolute Gasteiger partial charge is 0.356 e. The van der Waals surface area contributed by atoms with Gasteiger partial charge in [0.2, 0.25) is 11.8 Å². The lowest BCUT2D eigenvalue weighted by Crippen LogP contribution is -2.43. The first kappa shape index (κ1) is 47.4. The molecule has 0 radical (unpaired) electrons. The van der Waals surface area contributed by atoms with Gasteiger partial charge in [-0.25, -0.2) is 0 Å². The summed E-state index contributed by atoms with van der Waals surface area (Å²) in [5.41, 5.74) is 0. The van der Waals surface area contributed by atoms with Crippen LogP contribution in [0.2, 0.25) is 0 Å². The van der Waals surface area contributed by atoms with Gasteiger partial charge >= 0.3 is 0 Å². The van der Waals surface area contributed by atoms with Gasteiger partial charge in [0.1, 0.15) is 0 Å². The van der Waals surface area contributed by atoms with Crippen LogP contribution in [0.25, 0.3) is 0 Å². The average Bonchev–Trinajstić information content (AvgIpc) is 3.08. The van der Waals surface area contributed by atoms with Crippen molar-refractivity contribution in [3.05, 3.63) is 24.3 Å². The first-order valence-corrected chi connectivity index (χ1v) is 21.6. The van der Waals surface area contributed by atoms with E-state index in [1.54, 1.807) is 0 Å². The average molecular weight is 689 g/mol. The second-order valence-electron chi connectivity index (χ2n) is 15.5. The van der Waals surface area contributed by atoms with Crippen molar-refractivity contribution in [1.29, 1.82) is 0 Å². The lowest BCUT2D eigenvalue weighted by Gasteiger charge is -2.30. The van der Waals surface area contributed by atoms with Crippen molar-refractivity contribution in [2.45, 2.75) is 206 Å². The van der Waals surface area contributed by atoms with Gasteiger partial charge in [-0.05, 0) is 64.2 Å². The molecule has 288 valence electrons. The molecular formula is C44H86N3O2+. The number of hydrogen-bond acceptors (Lipinski definition) is 2. The summed E-state index contributed by atoms with van der Waals surface area (Å²) in [5.74, 6) is 0.411. The van der Waals surface area contributed by atoms with E-state index in [0.717, 1.165) is 69.2 Å². The van der Waals surface area contributed by atoms with Gasteiger partial charge in [-0.1, -0.05) is 141 Å². The van der Waals surface area contributed by atoms with Gasteiger partial charge in [0, 0.05) is 38.8 Å². The summed E-state index contributed by atoms with van der Waals surface area (Å²) in [4.78, 5) is 24.5. The number of carbonyl (C=O) groups excluding carboxylic acids is 2. The van der Waals surface area contributed by atoms with E-state index in [1.165, 1.54) is 141 Å². The maximum Gasteiger partial charge on any atom is 0.219 e. The van der Waals surface area contributed by atoms with Gasteiger partial charge in [0.05, 0.1) is 27.2 Å². The molecule has 0 atom stereocenters. The number of unbranched alkanes of at least 4 members (excludes halogenated alkanes) is 22. The van der Waals surface area contributed by atoms with Crippen LogP contribution in [0.4, 0.5) is 0 Å². The van der Waals surface area contributed by atoms with Crippen LogP contribution in [0.1, 0.15) is 206 Å². The van der Waals surface area contributed by atoms with E-state index >= 15 is 0 Å². The molecule has 2 N–H and O–H groups in total. The minimum absolute atomic E-state index is 0.205. The molecule has 0 fully saturated rings. The second kappa shape index (κ2) is 37.6. The molecule has 0 bridgehead atoms. The molecule has 0 heterocycles. The summed E-state index contributed by atoms with van der Waals surface area (Å²) in [5, 5.41) is 6.25. The summed E-state index contributed by atoms with van der Waals surface area (Å²) >= 11 is 0. The van der Waals surface area contributed by atoms with E-state index in [-0.39, 0.29) is 11.8 Å². The van der Waals surface area contributed by atoms with Gasteiger partial charge in [-0.15, -0.1) is 0 Å². The number of allylic oxidation sites excluding steroid dienone is 4. The Labute approximate surface area is 306 Å². The number of quaternary nitrogens is 1. The minimum atomic E-state index is 0.205. The zero-order chi connectivity index (χ0) is 35.9. The van der Waals surface area contributed by atoms with E-state index in [1.807, 2.05) is 0 Å². The molecule has 5 heteroatoms. The van der Waals surface area contributed by atoms with E-state index in [4.69, 9.17) is 0 Å². The maximum absolute atomic E-state index is 12.2. The molecule has 0 aromatic carbocycles. The summed E-state index contributed by atoms with van der Waals surface area (Å²) < 4.78 is 0.925. The molecule has 0 unspecified atom stereocenters. The van der Waals surface area contributed by atoms with Crippen LogP contribution in [0.15, 0.2) is 24.3 Å². The highest BCUT2D eigenvalue weighted by Gasteiger charge is 2.14. The molecule has 0 rings (SSSR count). The van der Waals surface area contributed by atoms with Crippen LogP contribution in [0.5, 0.6) is 0 Å². The molecule has 5 nitrogen and oxygen atoms in total. The minimum Gasteiger partial charge on any atom is -0.356 e. The summed E-state index contributed by atoms with van der Waals surface area (Å²) in [6.07, 6.45) is 46.1. The van der Waals surface area contributed by atoms with Crippen LogP contribution in [-0.2, 0) is 9.59 Å². The van der Waals surface area contributed by atoms with Crippen LogP contribution < -0.4 is 10.6 Å². The van der Waals surface area contributed by atoms with Crippen LogP contribution in [-0.4, -0.2) is 56.6 Å². The smallest absolute Gasteiger partial charge is 0.219 e. The van der Waals surface area contributed by atoms with Gasteiger partial charge < -0.3 is 15.1 Å². The van der Waals surface area contributed by atoms with Crippen molar-refractivity contribution >= 4 is 11.8 Å². The lowest BCUT2D eigenvalue weighted by atomic mass is 10.1. The van der Waals surface area contributed by atoms with Crippen molar-refractivity contribution in [1.82, 2.24) is 10.6 Å². The Kier molecular flexibility index (Phi) is 36.4. The van der Waals surface area contributed by atoms with Gasteiger partial charge in [0.25, 0.3) is 0 Å². The molecule has 0 aliphatic heterocycles. The Morgan fingerprint density at radius 2 is 0.694 bits per heavy atom. The molecule has 0 aromatic rings. The summed E-state index contributed by atoms with van der Waals surface area (Å²) in [7, 11) is 4.50. The molecule has 0 aromatic heterocycles. The van der Waals surface area contributed by atoms with Crippen molar-refractivity contribution in [3.63, 3.8) is 0 Å². The van der Waals surface area contributed by atoms with Crippen molar-refractivity contribution in [2.75, 3.05) is 40.3 Å². The highest BCUT2D eigenvalue weighted by atomic mass is 16.2. The monoisotopic (exact) mass is 689 g/mol. The third-order valence-electron chi connectivity index (χ3n) is 9.86. The quantitative estimate of drug-likeness (QED) is 0.0385. The van der Waals surface area contributed by atoms with E-state index in [2.05, 4.69) is 62.9 Å². The molecule has 0 saturated carbocycles. The third-order valence-corrected chi connectivity index (χ3v) is 9.86. The highest BCUT2D eigenvalue weighted by molar-refractivity contribution is 5.76. The van der Waals surface area contributed by atoms with Crippen LogP contribution in [0, 0.1) is 0 Å². The number of nitrogens with one attached hydrogen (secondary N) is 2. The normalized spacial score (nSPS) is 12.0. The number of nitrogens with zero attached hydrogens (tertiary/aromatic N) is 1. The van der Waals surface area contributed by atoms with E-state index < -0.39 is 0 Å². The van der Waals surface area contributed by atoms with Crippen molar-refractivity contribution < 1.29 is 14.1 Å². The predicted octanol–water partition coefficient (Wildman–Crippen LogP) is 12.2. The van der Waals surface area contributed by atoms with E-state index in [0.29, 0.717) is 12.8 Å². The van der Waals surface area contributed by atoms with Crippen molar-refractivity contribution in [3.8, 4) is 0 Å². The predicted molar refractivity (Wildman–Crippen MR) is 216 cm³/mol. The number of rotatable bonds is 38. The van der Waals surface area contributed by atoms with Crippen LogP contribution in [0.3, 0.4) is 0 Å². The fourth-order valence-corrected chi connectivity index (χ4v) is 6.47. The first-order chi connectivity index (χ1) is 23.9. The molecule has 0 spiro atoms. The molecular weight excluding hydrogens is 603 g/mol. The van der Waals surface area contributed by atoms with Gasteiger partial charge in [0.15, 0.2) is 0 Å². The Morgan fingerprint density at radius 3 is 1.02 bits per heavy atom.